The van der Waals surface area contributed by atoms with Gasteiger partial charge in [0.2, 0.25) is 0 Å². The van der Waals surface area contributed by atoms with E-state index >= 15 is 0 Å². The minimum atomic E-state index is -0.987. The van der Waals surface area contributed by atoms with Crippen molar-refractivity contribution in [2.24, 2.45) is 5.92 Å². The zero-order valence-corrected chi connectivity index (χ0v) is 12.9. The molecular formula is C14H22N2O3S. The summed E-state index contributed by atoms with van der Waals surface area (Å²) >= 11 is 1.58. The van der Waals surface area contributed by atoms with E-state index in [4.69, 9.17) is 5.11 Å². The number of carbonyl (C=O) groups is 2. The average molecular weight is 298 g/mol. The van der Waals surface area contributed by atoms with Crippen LogP contribution in [0.3, 0.4) is 0 Å². The molecule has 6 heteroatoms. The third kappa shape index (κ3) is 5.21. The third-order valence-electron chi connectivity index (χ3n) is 2.90. The molecule has 1 rings (SSSR count). The maximum absolute atomic E-state index is 12.2. The highest BCUT2D eigenvalue weighted by Gasteiger charge is 2.23. The molecule has 0 bridgehead atoms. The van der Waals surface area contributed by atoms with E-state index < -0.39 is 12.0 Å². The van der Waals surface area contributed by atoms with Gasteiger partial charge < -0.3 is 15.3 Å². The Bertz CT molecular complexity index is 432. The molecule has 0 saturated heterocycles. The second kappa shape index (κ2) is 7.89. The number of hydrogen-bond donors (Lipinski definition) is 2. The Labute approximate surface area is 123 Å². The molecule has 20 heavy (non-hydrogen) atoms. The van der Waals surface area contributed by atoms with E-state index in [1.54, 1.807) is 16.2 Å². The summed E-state index contributed by atoms with van der Waals surface area (Å²) in [6.45, 7) is 6.80. The lowest BCUT2D eigenvalue weighted by Gasteiger charge is -2.24. The smallest absolute Gasteiger partial charge is 0.326 e. The van der Waals surface area contributed by atoms with Crippen molar-refractivity contribution in [3.05, 3.63) is 22.4 Å². The normalized spacial score (nSPS) is 12.2. The Morgan fingerprint density at radius 1 is 1.45 bits per heavy atom. The Kier molecular flexibility index (Phi) is 6.51. The van der Waals surface area contributed by atoms with Crippen molar-refractivity contribution in [1.29, 1.82) is 0 Å². The summed E-state index contributed by atoms with van der Waals surface area (Å²) in [6.07, 6.45) is 0.428. The number of aliphatic carboxylic acids is 1. The zero-order valence-electron chi connectivity index (χ0n) is 12.1. The van der Waals surface area contributed by atoms with E-state index in [1.807, 2.05) is 38.3 Å². The van der Waals surface area contributed by atoms with Crippen LogP contribution in [-0.4, -0.2) is 34.6 Å². The van der Waals surface area contributed by atoms with Crippen LogP contribution in [0.2, 0.25) is 0 Å². The first kappa shape index (κ1) is 16.5. The minimum Gasteiger partial charge on any atom is -0.480 e. The van der Waals surface area contributed by atoms with Gasteiger partial charge in [-0.05, 0) is 30.7 Å². The van der Waals surface area contributed by atoms with Gasteiger partial charge in [0.1, 0.15) is 6.04 Å². The summed E-state index contributed by atoms with van der Waals surface area (Å²) < 4.78 is 0. The van der Waals surface area contributed by atoms with E-state index in [0.717, 1.165) is 4.88 Å². The monoisotopic (exact) mass is 298 g/mol. The number of rotatable bonds is 7. The maximum atomic E-state index is 12.2. The average Bonchev–Trinajstić information content (AvgIpc) is 2.87. The fraction of sp³-hybridized carbons (Fsp3) is 0.571. The van der Waals surface area contributed by atoms with Crippen LogP contribution in [0.15, 0.2) is 17.5 Å². The minimum absolute atomic E-state index is 0.212. The van der Waals surface area contributed by atoms with Crippen molar-refractivity contribution >= 4 is 23.3 Å². The molecule has 2 N–H and O–H groups in total. The summed E-state index contributed by atoms with van der Waals surface area (Å²) in [4.78, 5) is 26.0. The highest BCUT2D eigenvalue weighted by Crippen LogP contribution is 2.12. The van der Waals surface area contributed by atoms with Crippen molar-refractivity contribution in [2.45, 2.75) is 39.8 Å². The standard InChI is InChI=1S/C14H22N2O3S/c1-4-16(9-11-6-5-7-20-11)14(19)15-12(13(17)18)8-10(2)3/h5-7,10,12H,4,8-9H2,1-3H3,(H,15,19)(H,17,18). The number of carbonyl (C=O) groups excluding carboxylic acids is 1. The van der Waals surface area contributed by atoms with Gasteiger partial charge in [-0.1, -0.05) is 19.9 Å². The highest BCUT2D eigenvalue weighted by molar-refractivity contribution is 7.09. The van der Waals surface area contributed by atoms with E-state index in [9.17, 15) is 9.59 Å². The van der Waals surface area contributed by atoms with E-state index in [-0.39, 0.29) is 11.9 Å². The molecule has 1 unspecified atom stereocenters. The summed E-state index contributed by atoms with van der Waals surface area (Å²) in [7, 11) is 0. The Hall–Kier alpha value is -1.56. The van der Waals surface area contributed by atoms with Gasteiger partial charge in [0, 0.05) is 11.4 Å². The molecule has 112 valence electrons. The third-order valence-corrected chi connectivity index (χ3v) is 3.76. The van der Waals surface area contributed by atoms with Crippen molar-refractivity contribution < 1.29 is 14.7 Å². The lowest BCUT2D eigenvalue weighted by molar-refractivity contribution is -0.139. The summed E-state index contributed by atoms with van der Waals surface area (Å²) in [6, 6.07) is 2.74. The maximum Gasteiger partial charge on any atom is 0.326 e. The van der Waals surface area contributed by atoms with E-state index in [2.05, 4.69) is 5.32 Å². The summed E-state index contributed by atoms with van der Waals surface area (Å²) in [5.74, 6) is -0.775. The van der Waals surface area contributed by atoms with Crippen LogP contribution in [0.4, 0.5) is 4.79 Å². The Balaban J connectivity index is 2.63. The van der Waals surface area contributed by atoms with Crippen LogP contribution >= 0.6 is 11.3 Å². The van der Waals surface area contributed by atoms with Gasteiger partial charge in [-0.25, -0.2) is 9.59 Å². The van der Waals surface area contributed by atoms with Crippen LogP contribution in [0, 0.1) is 5.92 Å². The van der Waals surface area contributed by atoms with Crippen molar-refractivity contribution in [3.8, 4) is 0 Å². The molecule has 0 aliphatic carbocycles. The Morgan fingerprint density at radius 2 is 2.15 bits per heavy atom. The SMILES string of the molecule is CCN(Cc1cccs1)C(=O)NC(CC(C)C)C(=O)O. The summed E-state index contributed by atoms with van der Waals surface area (Å²) in [5.41, 5.74) is 0. The van der Waals surface area contributed by atoms with Gasteiger partial charge in [0.25, 0.3) is 0 Å². The fourth-order valence-corrected chi connectivity index (χ4v) is 2.57. The van der Waals surface area contributed by atoms with Gasteiger partial charge in [0.15, 0.2) is 0 Å². The number of hydrogen-bond acceptors (Lipinski definition) is 3. The molecule has 1 aromatic rings. The molecule has 0 aromatic carbocycles. The van der Waals surface area contributed by atoms with Gasteiger partial charge >= 0.3 is 12.0 Å². The quantitative estimate of drug-likeness (QED) is 0.813. The predicted molar refractivity (Wildman–Crippen MR) is 79.8 cm³/mol. The molecule has 0 saturated carbocycles. The van der Waals surface area contributed by atoms with Crippen LogP contribution in [-0.2, 0) is 11.3 Å². The number of nitrogens with one attached hydrogen (secondary N) is 1. The second-order valence-corrected chi connectivity index (χ2v) is 6.10. The lowest BCUT2D eigenvalue weighted by Crippen LogP contribution is -2.48. The number of carboxylic acid groups (broad SMARTS) is 1. The van der Waals surface area contributed by atoms with Crippen molar-refractivity contribution in [3.63, 3.8) is 0 Å². The van der Waals surface area contributed by atoms with Crippen molar-refractivity contribution in [1.82, 2.24) is 10.2 Å². The second-order valence-electron chi connectivity index (χ2n) is 5.06. The van der Waals surface area contributed by atoms with Gasteiger partial charge in [0.05, 0.1) is 6.54 Å². The highest BCUT2D eigenvalue weighted by atomic mass is 32.1. The van der Waals surface area contributed by atoms with E-state index in [0.29, 0.717) is 19.5 Å². The number of thiophene rings is 1. The summed E-state index contributed by atoms with van der Waals surface area (Å²) in [5, 5.41) is 13.7. The van der Waals surface area contributed by atoms with Crippen LogP contribution in [0.1, 0.15) is 32.1 Å². The van der Waals surface area contributed by atoms with Gasteiger partial charge in [-0.15, -0.1) is 11.3 Å². The first-order chi connectivity index (χ1) is 9.43. The molecule has 0 aliphatic rings. The molecule has 1 heterocycles. The topological polar surface area (TPSA) is 69.6 Å². The van der Waals surface area contributed by atoms with Crippen LogP contribution in [0.5, 0.6) is 0 Å². The number of carboxylic acids is 1. The first-order valence-electron chi connectivity index (χ1n) is 6.74. The number of nitrogens with zero attached hydrogens (tertiary/aromatic N) is 1. The Morgan fingerprint density at radius 3 is 2.60 bits per heavy atom. The zero-order chi connectivity index (χ0) is 15.1. The van der Waals surface area contributed by atoms with Crippen molar-refractivity contribution in [2.75, 3.05) is 6.54 Å². The fourth-order valence-electron chi connectivity index (χ4n) is 1.85. The molecule has 0 spiro atoms. The van der Waals surface area contributed by atoms with Gasteiger partial charge in [-0.2, -0.15) is 0 Å². The molecule has 5 nitrogen and oxygen atoms in total. The molecular weight excluding hydrogens is 276 g/mol. The predicted octanol–water partition coefficient (Wildman–Crippen LogP) is 2.78. The van der Waals surface area contributed by atoms with Crippen LogP contribution < -0.4 is 5.32 Å². The lowest BCUT2D eigenvalue weighted by atomic mass is 10.0. The van der Waals surface area contributed by atoms with Crippen LogP contribution in [0.25, 0.3) is 0 Å². The molecule has 0 radical (unpaired) electrons. The molecule has 2 amide bonds. The molecule has 1 atom stereocenters. The first-order valence-corrected chi connectivity index (χ1v) is 7.62. The van der Waals surface area contributed by atoms with Gasteiger partial charge in [-0.3, -0.25) is 0 Å². The molecule has 0 aliphatic heterocycles. The molecule has 0 fully saturated rings. The molecule has 1 aromatic heterocycles. The number of amides is 2. The largest absolute Gasteiger partial charge is 0.480 e. The van der Waals surface area contributed by atoms with E-state index in [1.165, 1.54) is 0 Å². The number of urea groups is 1.